The summed E-state index contributed by atoms with van der Waals surface area (Å²) < 4.78 is 5.49. The van der Waals surface area contributed by atoms with Crippen molar-refractivity contribution in [1.82, 2.24) is 9.80 Å². The summed E-state index contributed by atoms with van der Waals surface area (Å²) in [6.45, 7) is 6.25. The molecule has 0 bridgehead atoms. The van der Waals surface area contributed by atoms with Gasteiger partial charge in [-0.3, -0.25) is 9.59 Å². The van der Waals surface area contributed by atoms with Gasteiger partial charge in [0.15, 0.2) is 0 Å². The van der Waals surface area contributed by atoms with E-state index in [9.17, 15) is 9.59 Å². The normalized spacial score (nSPS) is 14.2. The van der Waals surface area contributed by atoms with Crippen LogP contribution in [0.4, 0.5) is 0 Å². The molecule has 142 valence electrons. The van der Waals surface area contributed by atoms with Gasteiger partial charge < -0.3 is 14.5 Å². The number of aryl methyl sites for hydroxylation is 2. The molecule has 0 unspecified atom stereocenters. The summed E-state index contributed by atoms with van der Waals surface area (Å²) in [6, 6.07) is 13.3. The first-order valence-electron chi connectivity index (χ1n) is 9.26. The third kappa shape index (κ3) is 4.30. The van der Waals surface area contributed by atoms with E-state index in [1.807, 2.05) is 60.0 Å². The summed E-state index contributed by atoms with van der Waals surface area (Å²) in [5.41, 5.74) is 3.77. The molecule has 27 heavy (non-hydrogen) atoms. The molecule has 1 aliphatic rings. The van der Waals surface area contributed by atoms with E-state index in [0.29, 0.717) is 38.2 Å². The highest BCUT2D eigenvalue weighted by atomic mass is 16.5. The number of rotatable bonds is 4. The molecule has 5 heteroatoms. The lowest BCUT2D eigenvalue weighted by atomic mass is 10.0. The van der Waals surface area contributed by atoms with E-state index in [1.165, 1.54) is 0 Å². The lowest BCUT2D eigenvalue weighted by molar-refractivity contribution is -0.131. The van der Waals surface area contributed by atoms with E-state index in [4.69, 9.17) is 4.74 Å². The maximum absolute atomic E-state index is 12.8. The topological polar surface area (TPSA) is 49.9 Å². The Labute approximate surface area is 160 Å². The maximum Gasteiger partial charge on any atom is 0.253 e. The molecule has 2 aromatic carbocycles. The van der Waals surface area contributed by atoms with E-state index >= 15 is 0 Å². The van der Waals surface area contributed by atoms with E-state index in [1.54, 1.807) is 7.11 Å². The van der Waals surface area contributed by atoms with Crippen LogP contribution in [0.1, 0.15) is 27.0 Å². The number of amides is 2. The first kappa shape index (κ1) is 19.0. The molecular formula is C22H26N2O3. The van der Waals surface area contributed by atoms with Crippen molar-refractivity contribution in [2.45, 2.75) is 20.3 Å². The fourth-order valence-corrected chi connectivity index (χ4v) is 3.66. The number of carbonyl (C=O) groups excluding carboxylic acids is 2. The zero-order valence-corrected chi connectivity index (χ0v) is 16.2. The first-order valence-corrected chi connectivity index (χ1v) is 9.26. The predicted octanol–water partition coefficient (Wildman–Crippen LogP) is 2.84. The zero-order chi connectivity index (χ0) is 19.4. The predicted molar refractivity (Wildman–Crippen MR) is 105 cm³/mol. The van der Waals surface area contributed by atoms with Gasteiger partial charge >= 0.3 is 0 Å². The Morgan fingerprint density at radius 2 is 1.59 bits per heavy atom. The van der Waals surface area contributed by atoms with Gasteiger partial charge in [-0.2, -0.15) is 0 Å². The molecule has 0 N–H and O–H groups in total. The van der Waals surface area contributed by atoms with Crippen LogP contribution in [0, 0.1) is 13.8 Å². The molecule has 0 radical (unpaired) electrons. The van der Waals surface area contributed by atoms with Crippen molar-refractivity contribution in [2.24, 2.45) is 0 Å². The van der Waals surface area contributed by atoms with Crippen LogP contribution in [0.25, 0.3) is 0 Å². The van der Waals surface area contributed by atoms with Crippen molar-refractivity contribution in [3.05, 3.63) is 64.7 Å². The number of methoxy groups -OCH3 is 1. The molecule has 2 amide bonds. The van der Waals surface area contributed by atoms with Gasteiger partial charge in [-0.05, 0) is 31.5 Å². The van der Waals surface area contributed by atoms with Crippen molar-refractivity contribution in [1.29, 1.82) is 0 Å². The zero-order valence-electron chi connectivity index (χ0n) is 16.2. The van der Waals surface area contributed by atoms with Crippen LogP contribution in [0.3, 0.4) is 0 Å². The van der Waals surface area contributed by atoms with Gasteiger partial charge in [0, 0.05) is 37.3 Å². The SMILES string of the molecule is COc1c(C)cc(C)cc1CC(=O)N1CCN(C(=O)c2ccccc2)CC1. The van der Waals surface area contributed by atoms with Crippen molar-refractivity contribution < 1.29 is 14.3 Å². The Bertz CT molecular complexity index is 825. The molecule has 0 atom stereocenters. The molecule has 0 saturated carbocycles. The standard InChI is InChI=1S/C22H26N2O3/c1-16-13-17(2)21(27-3)19(14-16)15-20(25)23-9-11-24(12-10-23)22(26)18-7-5-4-6-8-18/h4-8,13-14H,9-12,15H2,1-3H3. The Kier molecular flexibility index (Phi) is 5.79. The molecule has 0 spiro atoms. The highest BCUT2D eigenvalue weighted by Crippen LogP contribution is 2.26. The van der Waals surface area contributed by atoms with Crippen LogP contribution >= 0.6 is 0 Å². The number of nitrogens with zero attached hydrogens (tertiary/aromatic N) is 2. The minimum Gasteiger partial charge on any atom is -0.496 e. The van der Waals surface area contributed by atoms with E-state index in [2.05, 4.69) is 6.07 Å². The molecule has 5 nitrogen and oxygen atoms in total. The van der Waals surface area contributed by atoms with Gasteiger partial charge in [0.05, 0.1) is 13.5 Å². The lowest BCUT2D eigenvalue weighted by Crippen LogP contribution is -2.51. The van der Waals surface area contributed by atoms with E-state index in [-0.39, 0.29) is 11.8 Å². The minimum absolute atomic E-state index is 0.0266. The number of ether oxygens (including phenoxy) is 1. The second-order valence-corrected chi connectivity index (χ2v) is 6.99. The molecule has 1 saturated heterocycles. The van der Waals surface area contributed by atoms with E-state index < -0.39 is 0 Å². The second-order valence-electron chi connectivity index (χ2n) is 6.99. The summed E-state index contributed by atoms with van der Waals surface area (Å²) in [6.07, 6.45) is 0.318. The van der Waals surface area contributed by atoms with Gasteiger partial charge in [-0.1, -0.05) is 35.9 Å². The fourth-order valence-electron chi connectivity index (χ4n) is 3.66. The van der Waals surface area contributed by atoms with Gasteiger partial charge in [-0.15, -0.1) is 0 Å². The van der Waals surface area contributed by atoms with Gasteiger partial charge in [-0.25, -0.2) is 0 Å². The van der Waals surface area contributed by atoms with Crippen LogP contribution < -0.4 is 4.74 Å². The van der Waals surface area contributed by atoms with Gasteiger partial charge in [0.2, 0.25) is 5.91 Å². The highest BCUT2D eigenvalue weighted by molar-refractivity contribution is 5.94. The van der Waals surface area contributed by atoms with E-state index in [0.717, 1.165) is 22.4 Å². The quantitative estimate of drug-likeness (QED) is 0.836. The second kappa shape index (κ2) is 8.25. The third-order valence-corrected chi connectivity index (χ3v) is 4.98. The summed E-state index contributed by atoms with van der Waals surface area (Å²) in [5.74, 6) is 0.885. The summed E-state index contributed by atoms with van der Waals surface area (Å²) in [7, 11) is 1.64. The molecule has 1 heterocycles. The smallest absolute Gasteiger partial charge is 0.253 e. The first-order chi connectivity index (χ1) is 13.0. The number of carbonyl (C=O) groups is 2. The number of hydrogen-bond donors (Lipinski definition) is 0. The third-order valence-electron chi connectivity index (χ3n) is 4.98. The maximum atomic E-state index is 12.8. The van der Waals surface area contributed by atoms with Crippen molar-refractivity contribution in [3.8, 4) is 5.75 Å². The van der Waals surface area contributed by atoms with Crippen LogP contribution in [-0.2, 0) is 11.2 Å². The van der Waals surface area contributed by atoms with Crippen molar-refractivity contribution in [2.75, 3.05) is 33.3 Å². The van der Waals surface area contributed by atoms with Crippen LogP contribution in [0.2, 0.25) is 0 Å². The fraction of sp³-hybridized carbons (Fsp3) is 0.364. The number of benzene rings is 2. The summed E-state index contributed by atoms with van der Waals surface area (Å²) >= 11 is 0. The highest BCUT2D eigenvalue weighted by Gasteiger charge is 2.25. The average Bonchev–Trinajstić information content (AvgIpc) is 2.68. The Hall–Kier alpha value is -2.82. The largest absolute Gasteiger partial charge is 0.496 e. The van der Waals surface area contributed by atoms with Crippen molar-refractivity contribution >= 4 is 11.8 Å². The average molecular weight is 366 g/mol. The molecule has 0 aromatic heterocycles. The lowest BCUT2D eigenvalue weighted by Gasteiger charge is -2.35. The Balaban J connectivity index is 1.62. The van der Waals surface area contributed by atoms with Gasteiger partial charge in [0.25, 0.3) is 5.91 Å². The van der Waals surface area contributed by atoms with Crippen LogP contribution in [0.15, 0.2) is 42.5 Å². The molecule has 3 rings (SSSR count). The molecule has 1 aliphatic heterocycles. The van der Waals surface area contributed by atoms with Gasteiger partial charge in [0.1, 0.15) is 5.75 Å². The van der Waals surface area contributed by atoms with Crippen molar-refractivity contribution in [3.63, 3.8) is 0 Å². The number of piperazine rings is 1. The molecular weight excluding hydrogens is 340 g/mol. The molecule has 2 aromatic rings. The minimum atomic E-state index is 0.0266. The monoisotopic (exact) mass is 366 g/mol. The summed E-state index contributed by atoms with van der Waals surface area (Å²) in [4.78, 5) is 29.0. The Morgan fingerprint density at radius 1 is 0.963 bits per heavy atom. The summed E-state index contributed by atoms with van der Waals surface area (Å²) in [5, 5.41) is 0. The van der Waals surface area contributed by atoms with Crippen LogP contribution in [-0.4, -0.2) is 54.9 Å². The molecule has 0 aliphatic carbocycles. The Morgan fingerprint density at radius 3 is 2.22 bits per heavy atom. The van der Waals surface area contributed by atoms with Crippen LogP contribution in [0.5, 0.6) is 5.75 Å². The number of hydrogen-bond acceptors (Lipinski definition) is 3. The molecule has 1 fully saturated rings.